The highest BCUT2D eigenvalue weighted by atomic mass is 32.1. The van der Waals surface area contributed by atoms with Gasteiger partial charge in [0.2, 0.25) is 0 Å². The fourth-order valence-electron chi connectivity index (χ4n) is 7.02. The third-order valence-electron chi connectivity index (χ3n) is 8.61. The highest BCUT2D eigenvalue weighted by molar-refractivity contribution is 7.81. The lowest BCUT2D eigenvalue weighted by atomic mass is 9.45. The number of allylic oxidation sites excluding steroid dienone is 2. The molecule has 4 rings (SSSR count). The zero-order valence-electron chi connectivity index (χ0n) is 14.6. The molecule has 0 nitrogen and oxygen atoms in total. The van der Waals surface area contributed by atoms with Crippen molar-refractivity contribution in [2.45, 2.75) is 71.0 Å². The van der Waals surface area contributed by atoms with Gasteiger partial charge in [0.1, 0.15) is 0 Å². The second-order valence-electron chi connectivity index (χ2n) is 9.19. The summed E-state index contributed by atoms with van der Waals surface area (Å²) in [6, 6.07) is 0. The molecule has 3 fully saturated rings. The van der Waals surface area contributed by atoms with Crippen molar-refractivity contribution in [2.75, 3.05) is 0 Å². The topological polar surface area (TPSA) is 0 Å². The zero-order chi connectivity index (χ0) is 15.7. The molecule has 0 spiro atoms. The van der Waals surface area contributed by atoms with Crippen LogP contribution in [0.3, 0.4) is 0 Å². The van der Waals surface area contributed by atoms with Crippen LogP contribution in [0, 0.1) is 34.5 Å². The standard InChI is InChI=1S/C21H32S/c1-13-5-8-18-17-7-6-15-12-16(22)11-14(2)21(15,4)19(17)9-10-20(13,18)3/h12,14,16-19,22H,1,5-11H2,2-4H3/t14-,16?,17?,18?,19?,20?,21?/m0/s1. The highest BCUT2D eigenvalue weighted by Crippen LogP contribution is 2.67. The van der Waals surface area contributed by atoms with E-state index in [0.29, 0.717) is 16.1 Å². The third-order valence-corrected chi connectivity index (χ3v) is 8.97. The monoisotopic (exact) mass is 316 g/mol. The van der Waals surface area contributed by atoms with E-state index in [4.69, 9.17) is 12.6 Å². The fraction of sp³-hybridized carbons (Fsp3) is 0.810. The van der Waals surface area contributed by atoms with Crippen LogP contribution in [0.15, 0.2) is 23.8 Å². The van der Waals surface area contributed by atoms with Crippen molar-refractivity contribution >= 4 is 12.6 Å². The van der Waals surface area contributed by atoms with Crippen LogP contribution >= 0.6 is 12.6 Å². The molecule has 0 saturated heterocycles. The molecule has 0 aliphatic heterocycles. The van der Waals surface area contributed by atoms with Gasteiger partial charge in [0, 0.05) is 5.25 Å². The Kier molecular flexibility index (Phi) is 3.43. The van der Waals surface area contributed by atoms with Crippen LogP contribution in [-0.2, 0) is 0 Å². The molecular formula is C21H32S. The smallest absolute Gasteiger partial charge is 0.0202 e. The van der Waals surface area contributed by atoms with Crippen molar-refractivity contribution in [3.63, 3.8) is 0 Å². The molecule has 0 aromatic carbocycles. The summed E-state index contributed by atoms with van der Waals surface area (Å²) >= 11 is 4.79. The SMILES string of the molecule is C=C1CCC2C3CCC4=CC(S)C[C@H](C)C4(C)C3CCC12C. The van der Waals surface area contributed by atoms with Crippen molar-refractivity contribution in [3.05, 3.63) is 23.8 Å². The van der Waals surface area contributed by atoms with Gasteiger partial charge in [0.05, 0.1) is 0 Å². The number of hydrogen-bond acceptors (Lipinski definition) is 1. The molecule has 0 amide bonds. The minimum absolute atomic E-state index is 0.452. The van der Waals surface area contributed by atoms with E-state index in [1.165, 1.54) is 44.9 Å². The lowest BCUT2D eigenvalue weighted by molar-refractivity contribution is -0.0451. The van der Waals surface area contributed by atoms with Crippen LogP contribution in [0.1, 0.15) is 65.7 Å². The molecule has 4 aliphatic rings. The van der Waals surface area contributed by atoms with Crippen LogP contribution in [-0.4, -0.2) is 5.25 Å². The highest BCUT2D eigenvalue weighted by Gasteiger charge is 2.58. The lowest BCUT2D eigenvalue weighted by Crippen LogP contribution is -2.52. The van der Waals surface area contributed by atoms with Crippen molar-refractivity contribution in [1.29, 1.82) is 0 Å². The maximum Gasteiger partial charge on any atom is 0.0202 e. The van der Waals surface area contributed by atoms with E-state index in [0.717, 1.165) is 23.7 Å². The van der Waals surface area contributed by atoms with Gasteiger partial charge < -0.3 is 0 Å². The van der Waals surface area contributed by atoms with Gasteiger partial charge in [-0.2, -0.15) is 12.6 Å². The van der Waals surface area contributed by atoms with Crippen molar-refractivity contribution in [2.24, 2.45) is 34.5 Å². The van der Waals surface area contributed by atoms with Crippen molar-refractivity contribution < 1.29 is 0 Å². The largest absolute Gasteiger partial charge is 0.172 e. The number of hydrogen-bond donors (Lipinski definition) is 1. The van der Waals surface area contributed by atoms with Gasteiger partial charge in [-0.25, -0.2) is 0 Å². The molecule has 0 aromatic heterocycles. The Morgan fingerprint density at radius 3 is 2.68 bits per heavy atom. The van der Waals surface area contributed by atoms with Gasteiger partial charge in [-0.05, 0) is 79.4 Å². The van der Waals surface area contributed by atoms with Gasteiger partial charge in [-0.3, -0.25) is 0 Å². The van der Waals surface area contributed by atoms with Crippen LogP contribution in [0.25, 0.3) is 0 Å². The summed E-state index contributed by atoms with van der Waals surface area (Å²) in [7, 11) is 0. The summed E-state index contributed by atoms with van der Waals surface area (Å²) in [5, 5.41) is 0.495. The molecule has 0 aromatic rings. The van der Waals surface area contributed by atoms with E-state index < -0.39 is 0 Å². The molecule has 22 heavy (non-hydrogen) atoms. The molecule has 7 atom stereocenters. The Balaban J connectivity index is 1.72. The molecule has 6 unspecified atom stereocenters. The van der Waals surface area contributed by atoms with E-state index >= 15 is 0 Å². The van der Waals surface area contributed by atoms with Crippen LogP contribution < -0.4 is 0 Å². The summed E-state index contributed by atoms with van der Waals surface area (Å²) in [6.07, 6.45) is 12.1. The molecule has 4 aliphatic carbocycles. The van der Waals surface area contributed by atoms with Gasteiger partial charge >= 0.3 is 0 Å². The first-order valence-electron chi connectivity index (χ1n) is 9.45. The van der Waals surface area contributed by atoms with Crippen LogP contribution in [0.5, 0.6) is 0 Å². The quantitative estimate of drug-likeness (QED) is 0.408. The second kappa shape index (κ2) is 4.91. The summed E-state index contributed by atoms with van der Waals surface area (Å²) < 4.78 is 0. The van der Waals surface area contributed by atoms with E-state index in [1.807, 2.05) is 0 Å². The predicted molar refractivity (Wildman–Crippen MR) is 98.2 cm³/mol. The van der Waals surface area contributed by atoms with Crippen LogP contribution in [0.4, 0.5) is 0 Å². The summed E-state index contributed by atoms with van der Waals surface area (Å²) in [4.78, 5) is 0. The van der Waals surface area contributed by atoms with Crippen molar-refractivity contribution in [1.82, 2.24) is 0 Å². The maximum atomic E-state index is 4.79. The Bertz CT molecular complexity index is 532. The van der Waals surface area contributed by atoms with Gasteiger partial charge in [-0.1, -0.05) is 44.6 Å². The fourth-order valence-corrected chi connectivity index (χ4v) is 7.52. The molecule has 1 heteroatoms. The Hall–Kier alpha value is -0.170. The molecule has 3 saturated carbocycles. The zero-order valence-corrected chi connectivity index (χ0v) is 15.5. The average molecular weight is 317 g/mol. The molecule has 0 N–H and O–H groups in total. The van der Waals surface area contributed by atoms with Gasteiger partial charge in [0.15, 0.2) is 0 Å². The number of fused-ring (bicyclic) bond motifs is 5. The first-order chi connectivity index (χ1) is 10.4. The first kappa shape index (κ1) is 15.4. The van der Waals surface area contributed by atoms with Gasteiger partial charge in [0.25, 0.3) is 0 Å². The van der Waals surface area contributed by atoms with E-state index in [9.17, 15) is 0 Å². The Morgan fingerprint density at radius 1 is 1.14 bits per heavy atom. The normalized spacial score (nSPS) is 54.3. The van der Waals surface area contributed by atoms with Gasteiger partial charge in [-0.15, -0.1) is 0 Å². The molecule has 0 heterocycles. The minimum Gasteiger partial charge on any atom is -0.172 e. The van der Waals surface area contributed by atoms with E-state index in [2.05, 4.69) is 33.4 Å². The predicted octanol–water partition coefficient (Wildman–Crippen LogP) is 6.05. The molecule has 0 bridgehead atoms. The molecule has 0 radical (unpaired) electrons. The maximum absolute atomic E-state index is 4.79. The Labute approximate surface area is 142 Å². The van der Waals surface area contributed by atoms with Crippen LogP contribution in [0.2, 0.25) is 0 Å². The number of thiol groups is 1. The second-order valence-corrected chi connectivity index (χ2v) is 9.86. The third kappa shape index (κ3) is 1.84. The Morgan fingerprint density at radius 2 is 1.91 bits per heavy atom. The summed E-state index contributed by atoms with van der Waals surface area (Å²) in [5.41, 5.74) is 4.23. The minimum atomic E-state index is 0.452. The summed E-state index contributed by atoms with van der Waals surface area (Å²) in [5.74, 6) is 3.56. The molecule has 122 valence electrons. The first-order valence-corrected chi connectivity index (χ1v) is 9.96. The number of rotatable bonds is 0. The molecular weight excluding hydrogens is 284 g/mol. The average Bonchev–Trinajstić information content (AvgIpc) is 2.77. The van der Waals surface area contributed by atoms with E-state index in [1.54, 1.807) is 11.1 Å². The van der Waals surface area contributed by atoms with E-state index in [-0.39, 0.29) is 0 Å². The van der Waals surface area contributed by atoms with Crippen molar-refractivity contribution in [3.8, 4) is 0 Å². The lowest BCUT2D eigenvalue weighted by Gasteiger charge is -2.60. The summed E-state index contributed by atoms with van der Waals surface area (Å²) in [6.45, 7) is 12.1.